The van der Waals surface area contributed by atoms with E-state index in [1.54, 1.807) is 6.08 Å². The van der Waals surface area contributed by atoms with Gasteiger partial charge in [-0.15, -0.1) is 0 Å². The van der Waals surface area contributed by atoms with Crippen molar-refractivity contribution in [3.8, 4) is 0 Å². The number of carbonyl (C=O) groups excluding carboxylic acids is 4. The van der Waals surface area contributed by atoms with E-state index >= 15 is 0 Å². The molecule has 0 spiro atoms. The molecule has 1 saturated carbocycles. The first kappa shape index (κ1) is 22.4. The fraction of sp³-hybridized carbons (Fsp3) is 0.462. The Kier molecular flexibility index (Phi) is 5.98. The number of hydrogen-bond acceptors (Lipinski definition) is 4. The molecular weight excluding hydrogens is 432 g/mol. The number of barbiturate groups is 1. The molecule has 1 N–H and O–H groups in total. The molecule has 178 valence electrons. The second-order valence-electron chi connectivity index (χ2n) is 9.59. The lowest BCUT2D eigenvalue weighted by Crippen LogP contribution is -2.57. The minimum absolute atomic E-state index is 0.0506. The van der Waals surface area contributed by atoms with Gasteiger partial charge in [-0.1, -0.05) is 31.0 Å². The zero-order valence-electron chi connectivity index (χ0n) is 19.5. The first-order valence-electron chi connectivity index (χ1n) is 12.2. The second-order valence-corrected chi connectivity index (χ2v) is 9.59. The Balaban J connectivity index is 1.48. The van der Waals surface area contributed by atoms with Crippen molar-refractivity contribution in [2.75, 3.05) is 6.54 Å². The van der Waals surface area contributed by atoms with Gasteiger partial charge in [-0.3, -0.25) is 24.6 Å². The number of benzene rings is 1. The Morgan fingerprint density at radius 2 is 1.79 bits per heavy atom. The van der Waals surface area contributed by atoms with Gasteiger partial charge in [0, 0.05) is 41.3 Å². The van der Waals surface area contributed by atoms with Gasteiger partial charge in [-0.05, 0) is 51.2 Å². The number of hydrogen-bond donors (Lipinski definition) is 1. The van der Waals surface area contributed by atoms with Crippen LogP contribution >= 0.6 is 0 Å². The number of rotatable bonds is 4. The van der Waals surface area contributed by atoms with Gasteiger partial charge in [0.25, 0.3) is 11.8 Å². The predicted octanol–water partition coefficient (Wildman–Crippen LogP) is 3.45. The average Bonchev–Trinajstić information content (AvgIpc) is 3.46. The van der Waals surface area contributed by atoms with E-state index in [4.69, 9.17) is 0 Å². The molecule has 1 aromatic carbocycles. The lowest BCUT2D eigenvalue weighted by molar-refractivity contribution is -0.135. The molecule has 8 heteroatoms. The lowest BCUT2D eigenvalue weighted by Gasteiger charge is -2.33. The Bertz CT molecular complexity index is 1190. The van der Waals surface area contributed by atoms with Crippen LogP contribution in [-0.4, -0.2) is 56.7 Å². The zero-order valence-corrected chi connectivity index (χ0v) is 19.5. The maximum Gasteiger partial charge on any atom is 0.331 e. The summed E-state index contributed by atoms with van der Waals surface area (Å²) in [5, 5.41) is 3.18. The first-order valence-corrected chi connectivity index (χ1v) is 12.2. The fourth-order valence-electron chi connectivity index (χ4n) is 5.55. The van der Waals surface area contributed by atoms with E-state index < -0.39 is 17.8 Å². The van der Waals surface area contributed by atoms with E-state index in [9.17, 15) is 19.2 Å². The van der Waals surface area contributed by atoms with Gasteiger partial charge in [-0.25, -0.2) is 4.79 Å². The Hall–Kier alpha value is -3.42. The summed E-state index contributed by atoms with van der Waals surface area (Å²) < 4.78 is 1.89. The van der Waals surface area contributed by atoms with Crippen LogP contribution in [0.25, 0.3) is 17.0 Å². The summed E-state index contributed by atoms with van der Waals surface area (Å²) in [6, 6.07) is 7.06. The van der Waals surface area contributed by atoms with Crippen molar-refractivity contribution >= 4 is 40.7 Å². The van der Waals surface area contributed by atoms with Gasteiger partial charge in [0.2, 0.25) is 5.91 Å². The van der Waals surface area contributed by atoms with Gasteiger partial charge < -0.3 is 9.47 Å². The van der Waals surface area contributed by atoms with E-state index in [1.165, 1.54) is 4.90 Å². The molecule has 0 bridgehead atoms. The normalized spacial score (nSPS) is 23.3. The minimum Gasteiger partial charge on any atom is -0.338 e. The molecule has 1 aromatic heterocycles. The van der Waals surface area contributed by atoms with E-state index in [-0.39, 0.29) is 30.1 Å². The van der Waals surface area contributed by atoms with Gasteiger partial charge in [0.1, 0.15) is 12.1 Å². The summed E-state index contributed by atoms with van der Waals surface area (Å²) in [6.45, 7) is 3.06. The molecule has 3 heterocycles. The Morgan fingerprint density at radius 1 is 1.06 bits per heavy atom. The topological polar surface area (TPSA) is 91.7 Å². The molecular formula is C26H30N4O4. The molecule has 1 aliphatic carbocycles. The molecule has 0 unspecified atom stereocenters. The van der Waals surface area contributed by atoms with Crippen molar-refractivity contribution in [1.29, 1.82) is 0 Å². The van der Waals surface area contributed by atoms with Crippen LogP contribution in [0.3, 0.4) is 0 Å². The van der Waals surface area contributed by atoms with Crippen molar-refractivity contribution in [2.24, 2.45) is 0 Å². The zero-order chi connectivity index (χ0) is 23.8. The van der Waals surface area contributed by atoms with Crippen molar-refractivity contribution in [1.82, 2.24) is 19.7 Å². The summed E-state index contributed by atoms with van der Waals surface area (Å²) in [6.07, 6.45) is 10.0. The van der Waals surface area contributed by atoms with E-state index in [0.29, 0.717) is 5.56 Å². The number of fused-ring (bicyclic) bond motifs is 1. The molecule has 3 aliphatic rings. The number of likely N-dealkylation sites (tertiary alicyclic amines) is 1. The van der Waals surface area contributed by atoms with Gasteiger partial charge in [0.05, 0.1) is 0 Å². The summed E-state index contributed by atoms with van der Waals surface area (Å²) in [5.41, 5.74) is 1.49. The number of urea groups is 1. The first-order chi connectivity index (χ1) is 16.4. The van der Waals surface area contributed by atoms with E-state index in [2.05, 4.69) is 12.2 Å². The van der Waals surface area contributed by atoms with Gasteiger partial charge >= 0.3 is 6.03 Å². The molecule has 3 fully saturated rings. The van der Waals surface area contributed by atoms with Crippen LogP contribution in [0, 0.1) is 0 Å². The van der Waals surface area contributed by atoms with Crippen LogP contribution < -0.4 is 5.32 Å². The van der Waals surface area contributed by atoms with Gasteiger partial charge in [-0.2, -0.15) is 0 Å². The van der Waals surface area contributed by atoms with Crippen LogP contribution in [-0.2, 0) is 20.9 Å². The molecule has 2 saturated heterocycles. The van der Waals surface area contributed by atoms with Crippen molar-refractivity contribution in [2.45, 2.75) is 70.5 Å². The SMILES string of the molecule is C[C@@H]1CCCCN1C(=O)Cn1cc(/C=C2/C(=O)NC(=O)N(C3CCCC3)C2=O)c2ccccc21. The molecule has 0 radical (unpaired) electrons. The Labute approximate surface area is 198 Å². The van der Waals surface area contributed by atoms with Crippen molar-refractivity contribution in [3.63, 3.8) is 0 Å². The summed E-state index contributed by atoms with van der Waals surface area (Å²) in [7, 11) is 0. The van der Waals surface area contributed by atoms with E-state index in [0.717, 1.165) is 62.4 Å². The highest BCUT2D eigenvalue weighted by molar-refractivity contribution is 6.31. The van der Waals surface area contributed by atoms with Crippen molar-refractivity contribution < 1.29 is 19.2 Å². The number of nitrogens with zero attached hydrogens (tertiary/aromatic N) is 3. The molecule has 1 atom stereocenters. The molecule has 5 amide bonds. The molecule has 2 aromatic rings. The maximum absolute atomic E-state index is 13.2. The molecule has 5 rings (SSSR count). The smallest absolute Gasteiger partial charge is 0.331 e. The maximum atomic E-state index is 13.2. The molecule has 2 aliphatic heterocycles. The quantitative estimate of drug-likeness (QED) is 0.557. The number of para-hydroxylation sites is 1. The minimum atomic E-state index is -0.681. The number of imide groups is 2. The van der Waals surface area contributed by atoms with Crippen LogP contribution in [0.4, 0.5) is 4.79 Å². The number of carbonyl (C=O) groups is 4. The summed E-state index contributed by atoms with van der Waals surface area (Å²) >= 11 is 0. The van der Waals surface area contributed by atoms with Crippen LogP contribution in [0.15, 0.2) is 36.0 Å². The highest BCUT2D eigenvalue weighted by atomic mass is 16.2. The van der Waals surface area contributed by atoms with Crippen LogP contribution in [0.1, 0.15) is 57.4 Å². The standard InChI is InChI=1S/C26H30N4O4/c1-17-8-6-7-13-29(17)23(31)16-28-15-18(20-11-4-5-12-22(20)28)14-21-24(32)27-26(34)30(25(21)33)19-9-2-3-10-19/h4-5,11-12,14-15,17,19H,2-3,6-10,13,16H2,1H3,(H,27,32,34)/b21-14-/t17-/m1/s1. The third-order valence-corrected chi connectivity index (χ3v) is 7.37. The highest BCUT2D eigenvalue weighted by Crippen LogP contribution is 2.29. The van der Waals surface area contributed by atoms with Crippen LogP contribution in [0.5, 0.6) is 0 Å². The largest absolute Gasteiger partial charge is 0.338 e. The van der Waals surface area contributed by atoms with Crippen molar-refractivity contribution in [3.05, 3.63) is 41.6 Å². The lowest BCUT2D eigenvalue weighted by atomic mass is 10.0. The fourth-order valence-corrected chi connectivity index (χ4v) is 5.55. The molecule has 8 nitrogen and oxygen atoms in total. The third-order valence-electron chi connectivity index (χ3n) is 7.37. The third kappa shape index (κ3) is 4.02. The number of aromatic nitrogens is 1. The monoisotopic (exact) mass is 462 g/mol. The predicted molar refractivity (Wildman–Crippen MR) is 128 cm³/mol. The molecule has 34 heavy (non-hydrogen) atoms. The summed E-state index contributed by atoms with van der Waals surface area (Å²) in [5.74, 6) is -1.16. The number of piperidine rings is 1. The Morgan fingerprint density at radius 3 is 2.56 bits per heavy atom. The highest BCUT2D eigenvalue weighted by Gasteiger charge is 2.40. The number of nitrogens with one attached hydrogen (secondary N) is 1. The van der Waals surface area contributed by atoms with E-state index in [1.807, 2.05) is 39.9 Å². The van der Waals surface area contributed by atoms with Crippen LogP contribution in [0.2, 0.25) is 0 Å². The average molecular weight is 463 g/mol. The summed E-state index contributed by atoms with van der Waals surface area (Å²) in [4.78, 5) is 54.5. The van der Waals surface area contributed by atoms with Gasteiger partial charge in [0.15, 0.2) is 0 Å². The number of amides is 5. The second kappa shape index (κ2) is 9.08.